The van der Waals surface area contributed by atoms with Gasteiger partial charge in [0.1, 0.15) is 0 Å². The molecule has 2 N–H and O–H groups in total. The molecule has 1 fully saturated rings. The van der Waals surface area contributed by atoms with Gasteiger partial charge in [0.05, 0.1) is 12.0 Å². The number of rotatable bonds is 5. The molecule has 0 radical (unpaired) electrons. The number of carboxylic acids is 1. The Morgan fingerprint density at radius 3 is 2.24 bits per heavy atom. The average molecular weight is 378 g/mol. The number of halogens is 1. The van der Waals surface area contributed by atoms with Crippen LogP contribution in [0.15, 0.2) is 41.1 Å². The minimum absolute atomic E-state index is 0.00464. The van der Waals surface area contributed by atoms with Crippen LogP contribution in [0, 0.1) is 11.8 Å². The molecule has 3 rings (SSSR count). The average Bonchev–Trinajstić information content (AvgIpc) is 3.15. The summed E-state index contributed by atoms with van der Waals surface area (Å²) in [7, 11) is 0. The van der Waals surface area contributed by atoms with Gasteiger partial charge in [-0.2, -0.15) is 11.3 Å². The van der Waals surface area contributed by atoms with Crippen molar-refractivity contribution >= 4 is 34.8 Å². The van der Waals surface area contributed by atoms with E-state index >= 15 is 0 Å². The topological polar surface area (TPSA) is 66.4 Å². The number of hydrogen-bond acceptors (Lipinski definition) is 3. The normalized spacial score (nSPS) is 21.5. The molecular weight excluding hydrogens is 358 g/mol. The fraction of sp³-hybridized carbons (Fsp3) is 0.368. The van der Waals surface area contributed by atoms with E-state index in [-0.39, 0.29) is 23.8 Å². The van der Waals surface area contributed by atoms with Crippen LogP contribution in [0.5, 0.6) is 0 Å². The first-order chi connectivity index (χ1) is 12.0. The lowest BCUT2D eigenvalue weighted by Gasteiger charge is -2.27. The molecule has 1 aliphatic rings. The highest BCUT2D eigenvalue weighted by Crippen LogP contribution is 2.31. The first-order valence-electron chi connectivity index (χ1n) is 8.35. The van der Waals surface area contributed by atoms with Crippen molar-refractivity contribution in [1.29, 1.82) is 0 Å². The SMILES string of the molecule is O=C(O)C1CCC(C(=O)NC(c2ccc(Cl)cc2)c2ccsc2)CC1. The summed E-state index contributed by atoms with van der Waals surface area (Å²) in [4.78, 5) is 23.8. The van der Waals surface area contributed by atoms with Crippen LogP contribution in [0.2, 0.25) is 5.02 Å². The molecule has 1 aromatic carbocycles. The van der Waals surface area contributed by atoms with Crippen LogP contribution in [0.1, 0.15) is 42.9 Å². The number of hydrogen-bond donors (Lipinski definition) is 2. The number of amides is 1. The Hall–Kier alpha value is -1.85. The Balaban J connectivity index is 1.71. The summed E-state index contributed by atoms with van der Waals surface area (Å²) in [6.45, 7) is 0. The van der Waals surface area contributed by atoms with E-state index in [0.29, 0.717) is 30.7 Å². The van der Waals surface area contributed by atoms with Crippen molar-refractivity contribution in [1.82, 2.24) is 5.32 Å². The molecule has 0 spiro atoms. The quantitative estimate of drug-likeness (QED) is 0.806. The van der Waals surface area contributed by atoms with Crippen molar-refractivity contribution in [3.63, 3.8) is 0 Å². The minimum Gasteiger partial charge on any atom is -0.481 e. The van der Waals surface area contributed by atoms with Gasteiger partial charge in [0.25, 0.3) is 0 Å². The summed E-state index contributed by atoms with van der Waals surface area (Å²) in [5, 5.41) is 16.9. The van der Waals surface area contributed by atoms with E-state index in [1.807, 2.05) is 41.1 Å². The predicted molar refractivity (Wildman–Crippen MR) is 98.8 cm³/mol. The van der Waals surface area contributed by atoms with E-state index in [2.05, 4.69) is 5.32 Å². The van der Waals surface area contributed by atoms with Crippen LogP contribution in [-0.2, 0) is 9.59 Å². The van der Waals surface area contributed by atoms with Gasteiger partial charge in [-0.15, -0.1) is 0 Å². The summed E-state index contributed by atoms with van der Waals surface area (Å²) < 4.78 is 0. The molecule has 1 unspecified atom stereocenters. The summed E-state index contributed by atoms with van der Waals surface area (Å²) in [5.41, 5.74) is 2.02. The van der Waals surface area contributed by atoms with Crippen LogP contribution in [0.4, 0.5) is 0 Å². The Bertz CT molecular complexity index is 722. The summed E-state index contributed by atoms with van der Waals surface area (Å²) in [5.74, 6) is -1.19. The molecule has 132 valence electrons. The van der Waals surface area contributed by atoms with Crippen LogP contribution in [-0.4, -0.2) is 17.0 Å². The van der Waals surface area contributed by atoms with Gasteiger partial charge in [-0.05, 0) is 65.8 Å². The molecule has 1 amide bonds. The van der Waals surface area contributed by atoms with Gasteiger partial charge < -0.3 is 10.4 Å². The number of nitrogens with one attached hydrogen (secondary N) is 1. The van der Waals surface area contributed by atoms with E-state index in [4.69, 9.17) is 16.7 Å². The number of thiophene rings is 1. The van der Waals surface area contributed by atoms with E-state index in [1.165, 1.54) is 0 Å². The van der Waals surface area contributed by atoms with Gasteiger partial charge in [-0.3, -0.25) is 9.59 Å². The van der Waals surface area contributed by atoms with Gasteiger partial charge >= 0.3 is 5.97 Å². The van der Waals surface area contributed by atoms with Crippen molar-refractivity contribution in [3.05, 3.63) is 57.2 Å². The lowest BCUT2D eigenvalue weighted by molar-refractivity contribution is -0.144. The zero-order valence-electron chi connectivity index (χ0n) is 13.7. The summed E-state index contributed by atoms with van der Waals surface area (Å²) in [6.07, 6.45) is 2.38. The smallest absolute Gasteiger partial charge is 0.306 e. The Kier molecular flexibility index (Phi) is 5.76. The van der Waals surface area contributed by atoms with Crippen LogP contribution >= 0.6 is 22.9 Å². The zero-order valence-corrected chi connectivity index (χ0v) is 15.2. The molecule has 0 bridgehead atoms. The monoisotopic (exact) mass is 377 g/mol. The molecule has 1 atom stereocenters. The highest BCUT2D eigenvalue weighted by molar-refractivity contribution is 7.08. The van der Waals surface area contributed by atoms with Gasteiger partial charge in [-0.25, -0.2) is 0 Å². The lowest BCUT2D eigenvalue weighted by Crippen LogP contribution is -2.37. The molecule has 1 aromatic heterocycles. The third-order valence-corrected chi connectivity index (χ3v) is 5.77. The van der Waals surface area contributed by atoms with Crippen LogP contribution < -0.4 is 5.32 Å². The fourth-order valence-electron chi connectivity index (χ4n) is 3.32. The molecular formula is C19H20ClNO3S. The van der Waals surface area contributed by atoms with E-state index in [9.17, 15) is 9.59 Å². The molecule has 4 nitrogen and oxygen atoms in total. The highest BCUT2D eigenvalue weighted by Gasteiger charge is 2.31. The first-order valence-corrected chi connectivity index (χ1v) is 9.67. The molecule has 1 aliphatic carbocycles. The first kappa shape index (κ1) is 18.0. The van der Waals surface area contributed by atoms with Gasteiger partial charge in [0.15, 0.2) is 0 Å². The molecule has 0 saturated heterocycles. The van der Waals surface area contributed by atoms with Crippen molar-refractivity contribution in [3.8, 4) is 0 Å². The van der Waals surface area contributed by atoms with Crippen molar-refractivity contribution in [2.45, 2.75) is 31.7 Å². The maximum absolute atomic E-state index is 12.7. The number of benzene rings is 1. The van der Waals surface area contributed by atoms with Crippen molar-refractivity contribution < 1.29 is 14.7 Å². The van der Waals surface area contributed by atoms with E-state index < -0.39 is 5.97 Å². The van der Waals surface area contributed by atoms with E-state index in [0.717, 1.165) is 11.1 Å². The summed E-state index contributed by atoms with van der Waals surface area (Å²) >= 11 is 7.56. The number of aliphatic carboxylic acids is 1. The Morgan fingerprint density at radius 2 is 1.68 bits per heavy atom. The second-order valence-corrected chi connectivity index (χ2v) is 7.65. The standard InChI is InChI=1S/C19H20ClNO3S/c20-16-7-5-12(6-8-16)17(15-9-10-25-11-15)21-18(22)13-1-3-14(4-2-13)19(23)24/h5-11,13-14,17H,1-4H2,(H,21,22)(H,23,24). The molecule has 25 heavy (non-hydrogen) atoms. The molecule has 0 aliphatic heterocycles. The maximum Gasteiger partial charge on any atom is 0.306 e. The maximum atomic E-state index is 12.7. The largest absolute Gasteiger partial charge is 0.481 e. The molecule has 2 aromatic rings. The highest BCUT2D eigenvalue weighted by atomic mass is 35.5. The van der Waals surface area contributed by atoms with Gasteiger partial charge in [0, 0.05) is 10.9 Å². The lowest BCUT2D eigenvalue weighted by atomic mass is 9.81. The zero-order chi connectivity index (χ0) is 17.8. The molecule has 1 heterocycles. The van der Waals surface area contributed by atoms with Gasteiger partial charge in [0.2, 0.25) is 5.91 Å². The second kappa shape index (κ2) is 8.02. The third-order valence-electron chi connectivity index (χ3n) is 4.81. The molecule has 6 heteroatoms. The Morgan fingerprint density at radius 1 is 1.04 bits per heavy atom. The minimum atomic E-state index is -0.754. The van der Waals surface area contributed by atoms with Gasteiger partial charge in [-0.1, -0.05) is 23.7 Å². The van der Waals surface area contributed by atoms with Crippen LogP contribution in [0.3, 0.4) is 0 Å². The van der Waals surface area contributed by atoms with Crippen molar-refractivity contribution in [2.24, 2.45) is 11.8 Å². The molecule has 1 saturated carbocycles. The third kappa shape index (κ3) is 4.41. The number of carbonyl (C=O) groups excluding carboxylic acids is 1. The predicted octanol–water partition coefficient (Wildman–Crippen LogP) is 4.50. The summed E-state index contributed by atoms with van der Waals surface area (Å²) in [6, 6.07) is 9.28. The fourth-order valence-corrected chi connectivity index (χ4v) is 4.13. The van der Waals surface area contributed by atoms with E-state index in [1.54, 1.807) is 11.3 Å². The number of carbonyl (C=O) groups is 2. The second-order valence-electron chi connectivity index (χ2n) is 6.44. The number of carboxylic acid groups (broad SMARTS) is 1. The Labute approximate surface area is 155 Å². The van der Waals surface area contributed by atoms with Crippen LogP contribution in [0.25, 0.3) is 0 Å². The van der Waals surface area contributed by atoms with Crippen molar-refractivity contribution in [2.75, 3.05) is 0 Å².